The van der Waals surface area contributed by atoms with Gasteiger partial charge in [0.1, 0.15) is 23.9 Å². The molecule has 2 aromatic rings. The number of carbonyl (C=O) groups is 9. The SMILES string of the molecule is CCC.CCS.CSCCC(NC(=O)c1ccc(CNC(=O)C(NC(=O)CNC(=O)c2ccc(CN)cc2)C(C)C)cc1)C(=O)NCC(=O)NC(CCCCNC(=O)CCCCC(=O)C(C)C)C(=O)O. The molecule has 70 heavy (non-hydrogen) atoms. The van der Waals surface area contributed by atoms with Crippen LogP contribution in [0.5, 0.6) is 0 Å². The van der Waals surface area contributed by atoms with E-state index >= 15 is 0 Å². The number of carboxylic acids is 1. The molecule has 18 nitrogen and oxygen atoms in total. The highest BCUT2D eigenvalue weighted by Crippen LogP contribution is 2.10. The van der Waals surface area contributed by atoms with E-state index in [1.165, 1.54) is 30.3 Å². The van der Waals surface area contributed by atoms with Gasteiger partial charge in [-0.2, -0.15) is 24.4 Å². The fourth-order valence-corrected chi connectivity index (χ4v) is 6.56. The van der Waals surface area contributed by atoms with Crippen LogP contribution >= 0.6 is 24.4 Å². The Morgan fingerprint density at radius 1 is 0.629 bits per heavy atom. The molecular weight excluding hydrogens is 937 g/mol. The number of aliphatic carboxylic acids is 1. The third kappa shape index (κ3) is 28.9. The molecule has 0 spiro atoms. The molecule has 2 rings (SSSR count). The Bertz CT molecular complexity index is 1920. The van der Waals surface area contributed by atoms with Gasteiger partial charge in [-0.15, -0.1) is 0 Å². The van der Waals surface area contributed by atoms with Crippen LogP contribution in [0.1, 0.15) is 138 Å². The standard InChI is InChI=1S/C45H66N8O10S.C3H8.C2H6S/c1-28(2)36(54)11-6-7-12-37(55)47-22-9-8-10-35(45(62)63)51-38(56)26-50-43(60)34(21-23-64-5)52-42(59)33-19-15-31(16-20-33)25-48-44(61)40(29(3)4)53-39(57)27-49-41(58)32-17-13-30(24-46)14-18-32;1-3-2;1-2-3/h13-20,28-29,34-35,40H,6-12,21-27,46H2,1-5H3,(H,47,55)(H,48,61)(H,49,58)(H,50,60)(H,51,56)(H,52,59)(H,53,57)(H,62,63);3H2,1-2H3;3H,2H2,1H3. The minimum Gasteiger partial charge on any atom is -0.480 e. The molecular formula is C50H80N8O10S2. The number of benzene rings is 2. The number of nitrogens with two attached hydrogens (primary N) is 1. The van der Waals surface area contributed by atoms with Gasteiger partial charge in [0.25, 0.3) is 11.8 Å². The Kier molecular flexibility index (Phi) is 35.3. The van der Waals surface area contributed by atoms with Crippen LogP contribution in [0.25, 0.3) is 0 Å². The molecule has 0 fully saturated rings. The number of hydrogen-bond acceptors (Lipinski definition) is 12. The molecule has 0 aromatic heterocycles. The van der Waals surface area contributed by atoms with E-state index in [0.29, 0.717) is 68.5 Å². The number of carboxylic acid groups (broad SMARTS) is 1. The number of nitrogens with one attached hydrogen (secondary N) is 7. The first-order valence-electron chi connectivity index (χ1n) is 24.0. The van der Waals surface area contributed by atoms with E-state index in [2.05, 4.69) is 63.7 Å². The molecule has 0 bridgehead atoms. The van der Waals surface area contributed by atoms with Gasteiger partial charge in [-0.1, -0.05) is 79.2 Å². The van der Waals surface area contributed by atoms with Crippen molar-refractivity contribution < 1.29 is 48.3 Å². The second-order valence-corrected chi connectivity index (χ2v) is 18.6. The van der Waals surface area contributed by atoms with Crippen molar-refractivity contribution in [3.05, 3.63) is 70.8 Å². The Hall–Kier alpha value is -5.47. The zero-order valence-electron chi connectivity index (χ0n) is 42.4. The lowest BCUT2D eigenvalue weighted by Crippen LogP contribution is -2.51. The molecule has 0 aliphatic rings. The number of unbranched alkanes of at least 4 members (excludes halogenated alkanes) is 2. The molecule has 10 N–H and O–H groups in total. The summed E-state index contributed by atoms with van der Waals surface area (Å²) in [4.78, 5) is 113. The minimum absolute atomic E-state index is 0.0242. The number of amides is 7. The lowest BCUT2D eigenvalue weighted by molar-refractivity contribution is -0.142. The van der Waals surface area contributed by atoms with Gasteiger partial charge >= 0.3 is 5.97 Å². The second-order valence-electron chi connectivity index (χ2n) is 17.0. The van der Waals surface area contributed by atoms with Gasteiger partial charge in [0, 0.05) is 49.5 Å². The first-order chi connectivity index (χ1) is 33.3. The van der Waals surface area contributed by atoms with Crippen molar-refractivity contribution in [1.82, 2.24) is 37.2 Å². The zero-order chi connectivity index (χ0) is 53.0. The Morgan fingerprint density at radius 2 is 1.17 bits per heavy atom. The van der Waals surface area contributed by atoms with E-state index in [0.717, 1.165) is 11.3 Å². The fourth-order valence-electron chi connectivity index (χ4n) is 6.09. The summed E-state index contributed by atoms with van der Waals surface area (Å²) in [7, 11) is 0. The molecule has 7 amide bonds. The van der Waals surface area contributed by atoms with E-state index in [9.17, 15) is 48.3 Å². The first-order valence-corrected chi connectivity index (χ1v) is 26.0. The molecule has 20 heteroatoms. The average Bonchev–Trinajstić information content (AvgIpc) is 3.33. The topological polar surface area (TPSA) is 284 Å². The maximum absolute atomic E-state index is 13.2. The number of hydrogen-bond donors (Lipinski definition) is 10. The molecule has 0 radical (unpaired) electrons. The van der Waals surface area contributed by atoms with Crippen molar-refractivity contribution in [3.63, 3.8) is 0 Å². The quantitative estimate of drug-likeness (QED) is 0.0388. The molecule has 0 aliphatic carbocycles. The first kappa shape index (κ1) is 64.5. The molecule has 0 saturated heterocycles. The molecule has 392 valence electrons. The van der Waals surface area contributed by atoms with Gasteiger partial charge in [0.05, 0.1) is 13.1 Å². The van der Waals surface area contributed by atoms with Crippen LogP contribution in [0.15, 0.2) is 48.5 Å². The lowest BCUT2D eigenvalue weighted by Gasteiger charge is -2.22. The van der Waals surface area contributed by atoms with E-state index in [4.69, 9.17) is 5.73 Å². The predicted octanol–water partition coefficient (Wildman–Crippen LogP) is 4.29. The highest BCUT2D eigenvalue weighted by atomic mass is 32.2. The van der Waals surface area contributed by atoms with Crippen LogP contribution in [0.2, 0.25) is 0 Å². The maximum Gasteiger partial charge on any atom is 0.326 e. The van der Waals surface area contributed by atoms with E-state index in [-0.39, 0.29) is 55.0 Å². The Labute approximate surface area is 424 Å². The number of rotatable bonds is 30. The minimum atomic E-state index is -1.24. The average molecular weight is 1020 g/mol. The molecule has 0 aliphatic heterocycles. The van der Waals surface area contributed by atoms with Crippen molar-refractivity contribution in [3.8, 4) is 0 Å². The third-order valence-electron chi connectivity index (χ3n) is 10.1. The van der Waals surface area contributed by atoms with Gasteiger partial charge in [0.2, 0.25) is 29.5 Å². The Balaban J connectivity index is 0.00000752. The fraction of sp³-hybridized carbons (Fsp3) is 0.580. The predicted molar refractivity (Wildman–Crippen MR) is 279 cm³/mol. The summed E-state index contributed by atoms with van der Waals surface area (Å²) >= 11 is 5.25. The molecule has 3 atom stereocenters. The Morgan fingerprint density at radius 3 is 1.71 bits per heavy atom. The second kappa shape index (κ2) is 38.3. The molecule has 0 heterocycles. The normalized spacial score (nSPS) is 11.8. The van der Waals surface area contributed by atoms with Crippen molar-refractivity contribution in [2.75, 3.05) is 37.4 Å². The van der Waals surface area contributed by atoms with Crippen LogP contribution < -0.4 is 43.0 Å². The van der Waals surface area contributed by atoms with Crippen LogP contribution in [0.3, 0.4) is 0 Å². The summed E-state index contributed by atoms with van der Waals surface area (Å²) < 4.78 is 0. The van der Waals surface area contributed by atoms with Crippen molar-refractivity contribution in [2.24, 2.45) is 17.6 Å². The highest BCUT2D eigenvalue weighted by molar-refractivity contribution is 7.98. The summed E-state index contributed by atoms with van der Waals surface area (Å²) in [6.45, 7) is 13.4. The number of thiol groups is 1. The van der Waals surface area contributed by atoms with Gasteiger partial charge in [0.15, 0.2) is 0 Å². The number of ketones is 1. The van der Waals surface area contributed by atoms with Crippen LogP contribution in [-0.2, 0) is 46.7 Å². The van der Waals surface area contributed by atoms with Crippen molar-refractivity contribution >= 4 is 77.5 Å². The summed E-state index contributed by atoms with van der Waals surface area (Å²) in [5, 5.41) is 28.0. The molecule has 2 aromatic carbocycles. The van der Waals surface area contributed by atoms with Gasteiger partial charge in [-0.05, 0) is 97.6 Å². The number of thioether (sulfide) groups is 1. The molecule has 0 saturated carbocycles. The van der Waals surface area contributed by atoms with Crippen molar-refractivity contribution in [1.29, 1.82) is 0 Å². The van der Waals surface area contributed by atoms with Gasteiger partial charge in [-0.25, -0.2) is 4.79 Å². The summed E-state index contributed by atoms with van der Waals surface area (Å²) in [5.74, 6) is -3.39. The largest absolute Gasteiger partial charge is 0.480 e. The lowest BCUT2D eigenvalue weighted by atomic mass is 10.0. The number of Topliss-reactive ketones (excluding diaryl/α,β-unsaturated/α-hetero) is 1. The van der Waals surface area contributed by atoms with Crippen LogP contribution in [0.4, 0.5) is 0 Å². The van der Waals surface area contributed by atoms with E-state index < -0.39 is 66.1 Å². The molecule has 3 unspecified atom stereocenters. The number of carbonyl (C=O) groups excluding carboxylic acids is 8. The highest BCUT2D eigenvalue weighted by Gasteiger charge is 2.26. The van der Waals surface area contributed by atoms with Gasteiger partial charge < -0.3 is 48.1 Å². The van der Waals surface area contributed by atoms with Crippen LogP contribution in [-0.4, -0.2) is 114 Å². The summed E-state index contributed by atoms with van der Waals surface area (Å²) in [5.41, 5.74) is 7.70. The van der Waals surface area contributed by atoms with Crippen molar-refractivity contribution in [2.45, 2.75) is 137 Å². The van der Waals surface area contributed by atoms with Crippen LogP contribution in [0, 0.1) is 11.8 Å². The maximum atomic E-state index is 13.2. The smallest absolute Gasteiger partial charge is 0.326 e. The summed E-state index contributed by atoms with van der Waals surface area (Å²) in [6.07, 6.45) is 6.32. The third-order valence-corrected chi connectivity index (χ3v) is 10.7. The van der Waals surface area contributed by atoms with E-state index in [1.54, 1.807) is 50.2 Å². The zero-order valence-corrected chi connectivity index (χ0v) is 44.1. The van der Waals surface area contributed by atoms with Gasteiger partial charge in [-0.3, -0.25) is 38.4 Å². The monoisotopic (exact) mass is 1020 g/mol. The summed E-state index contributed by atoms with van der Waals surface area (Å²) in [6, 6.07) is 9.88. The van der Waals surface area contributed by atoms with E-state index in [1.807, 2.05) is 27.0 Å².